The number of urea groups is 1. The van der Waals surface area contributed by atoms with Gasteiger partial charge in [0.05, 0.1) is 17.9 Å². The maximum absolute atomic E-state index is 13.2. The Kier molecular flexibility index (Phi) is 6.29. The molecule has 0 N–H and O–H groups in total. The molecule has 1 fully saturated rings. The van der Waals surface area contributed by atoms with E-state index >= 15 is 0 Å². The van der Waals surface area contributed by atoms with E-state index in [1.165, 1.54) is 14.1 Å². The first-order chi connectivity index (χ1) is 14.8. The second-order valence-corrected chi connectivity index (χ2v) is 7.47. The lowest BCUT2D eigenvalue weighted by atomic mass is 9.88. The molecule has 0 spiro atoms. The molecule has 0 bridgehead atoms. The molecular formula is C23H27N3O5. The molecule has 1 aromatic carbocycles. The molecule has 8 nitrogen and oxygen atoms in total. The highest BCUT2D eigenvalue weighted by atomic mass is 16.5. The Morgan fingerprint density at radius 1 is 1.00 bits per heavy atom. The molecule has 0 radical (unpaired) electrons. The zero-order valence-corrected chi connectivity index (χ0v) is 18.5. The number of barbiturate groups is 1. The van der Waals surface area contributed by atoms with Crippen molar-refractivity contribution in [3.63, 3.8) is 0 Å². The molecule has 1 aliphatic rings. The largest absolute Gasteiger partial charge is 0.462 e. The van der Waals surface area contributed by atoms with Gasteiger partial charge in [0.25, 0.3) is 0 Å². The number of benzene rings is 1. The fraction of sp³-hybridized carbons (Fsp3) is 0.391. The lowest BCUT2D eigenvalue weighted by molar-refractivity contribution is -0.143. The van der Waals surface area contributed by atoms with Crippen LogP contribution in [0.4, 0.5) is 4.79 Å². The van der Waals surface area contributed by atoms with Crippen LogP contribution in [-0.2, 0) is 20.9 Å². The number of hydrogen-bond acceptors (Lipinski definition) is 5. The Labute approximate surface area is 181 Å². The van der Waals surface area contributed by atoms with Gasteiger partial charge in [-0.15, -0.1) is 0 Å². The highest BCUT2D eigenvalue weighted by Crippen LogP contribution is 2.40. The first-order valence-corrected chi connectivity index (χ1v) is 10.3. The Hall–Kier alpha value is -3.42. The van der Waals surface area contributed by atoms with E-state index in [0.717, 1.165) is 21.8 Å². The number of rotatable bonds is 6. The van der Waals surface area contributed by atoms with Gasteiger partial charge in [0, 0.05) is 31.9 Å². The van der Waals surface area contributed by atoms with Gasteiger partial charge < -0.3 is 9.30 Å². The zero-order chi connectivity index (χ0) is 22.9. The van der Waals surface area contributed by atoms with Gasteiger partial charge in [0.1, 0.15) is 5.92 Å². The van der Waals surface area contributed by atoms with Crippen molar-refractivity contribution < 1.29 is 23.9 Å². The summed E-state index contributed by atoms with van der Waals surface area (Å²) >= 11 is 0. The van der Waals surface area contributed by atoms with Crippen molar-refractivity contribution in [1.82, 2.24) is 14.4 Å². The monoisotopic (exact) mass is 425 g/mol. The molecule has 2 heterocycles. The summed E-state index contributed by atoms with van der Waals surface area (Å²) in [7, 11) is 2.67. The van der Waals surface area contributed by atoms with Crippen LogP contribution < -0.4 is 0 Å². The quantitative estimate of drug-likeness (QED) is 0.524. The summed E-state index contributed by atoms with van der Waals surface area (Å²) in [5.41, 5.74) is 2.50. The van der Waals surface area contributed by atoms with E-state index in [4.69, 9.17) is 4.74 Å². The number of esters is 1. The van der Waals surface area contributed by atoms with Crippen molar-refractivity contribution in [2.24, 2.45) is 0 Å². The molecule has 0 aliphatic carbocycles. The lowest BCUT2D eigenvalue weighted by Crippen LogP contribution is -2.56. The van der Waals surface area contributed by atoms with Crippen LogP contribution in [0.3, 0.4) is 0 Å². The van der Waals surface area contributed by atoms with Crippen LogP contribution in [0.1, 0.15) is 47.8 Å². The van der Waals surface area contributed by atoms with Crippen molar-refractivity contribution >= 4 is 23.8 Å². The number of imide groups is 2. The number of aromatic nitrogens is 1. The molecule has 1 aromatic heterocycles. The Morgan fingerprint density at radius 2 is 1.58 bits per heavy atom. The molecular weight excluding hydrogens is 398 g/mol. The summed E-state index contributed by atoms with van der Waals surface area (Å²) in [5.74, 6) is -3.24. The maximum Gasteiger partial charge on any atom is 0.340 e. The van der Waals surface area contributed by atoms with Gasteiger partial charge in [-0.3, -0.25) is 19.4 Å². The van der Waals surface area contributed by atoms with Crippen LogP contribution in [0, 0.1) is 6.92 Å². The van der Waals surface area contributed by atoms with Crippen LogP contribution >= 0.6 is 0 Å². The molecule has 0 saturated carbocycles. The number of nitrogens with zero attached hydrogens (tertiary/aromatic N) is 3. The van der Waals surface area contributed by atoms with Gasteiger partial charge in [-0.25, -0.2) is 9.59 Å². The second-order valence-electron chi connectivity index (χ2n) is 7.47. The van der Waals surface area contributed by atoms with Crippen molar-refractivity contribution in [3.05, 3.63) is 47.2 Å². The second kappa shape index (κ2) is 8.75. The molecule has 8 heteroatoms. The smallest absolute Gasteiger partial charge is 0.340 e. The Morgan fingerprint density at radius 3 is 2.10 bits per heavy atom. The third-order valence-corrected chi connectivity index (χ3v) is 5.55. The van der Waals surface area contributed by atoms with Crippen molar-refractivity contribution in [2.75, 3.05) is 20.7 Å². The summed E-state index contributed by atoms with van der Waals surface area (Å²) in [6, 6.07) is 8.62. The molecule has 0 unspecified atom stereocenters. The summed E-state index contributed by atoms with van der Waals surface area (Å²) in [6.07, 6.45) is 0.780. The number of carbonyl (C=O) groups excluding carboxylic acids is 4. The van der Waals surface area contributed by atoms with E-state index in [1.54, 1.807) is 13.8 Å². The highest BCUT2D eigenvalue weighted by molar-refractivity contribution is 6.20. The molecule has 31 heavy (non-hydrogen) atoms. The number of ether oxygens (including phenoxy) is 1. The lowest BCUT2D eigenvalue weighted by Gasteiger charge is -2.33. The van der Waals surface area contributed by atoms with E-state index in [1.807, 2.05) is 41.8 Å². The van der Waals surface area contributed by atoms with Crippen molar-refractivity contribution in [3.8, 4) is 11.3 Å². The first kappa shape index (κ1) is 22.3. The summed E-state index contributed by atoms with van der Waals surface area (Å²) in [5, 5.41) is 0. The first-order valence-electron chi connectivity index (χ1n) is 10.3. The fourth-order valence-electron chi connectivity index (χ4n) is 4.07. The van der Waals surface area contributed by atoms with E-state index in [9.17, 15) is 19.2 Å². The van der Waals surface area contributed by atoms with Gasteiger partial charge >= 0.3 is 12.0 Å². The van der Waals surface area contributed by atoms with Gasteiger partial charge in [0.15, 0.2) is 0 Å². The summed E-state index contributed by atoms with van der Waals surface area (Å²) in [6.45, 7) is 6.23. The highest BCUT2D eigenvalue weighted by Gasteiger charge is 2.47. The van der Waals surface area contributed by atoms with Crippen LogP contribution in [0.2, 0.25) is 0 Å². The van der Waals surface area contributed by atoms with Gasteiger partial charge in [-0.2, -0.15) is 0 Å². The minimum absolute atomic E-state index is 0.155. The SMILES string of the molecule is CCCn1c(C)c(C(=O)OCC)c(C2C(=O)N(C)C(=O)N(C)C2=O)c1-c1ccccc1. The van der Waals surface area contributed by atoms with Crippen molar-refractivity contribution in [2.45, 2.75) is 39.7 Å². The number of carbonyl (C=O) groups is 4. The molecule has 1 saturated heterocycles. The third-order valence-electron chi connectivity index (χ3n) is 5.55. The average molecular weight is 425 g/mol. The van der Waals surface area contributed by atoms with E-state index < -0.39 is 29.7 Å². The zero-order valence-electron chi connectivity index (χ0n) is 18.5. The molecule has 2 aromatic rings. The predicted octanol–water partition coefficient (Wildman–Crippen LogP) is 3.18. The number of likely N-dealkylation sites (N-methyl/N-ethyl adjacent to an activating group) is 2. The fourth-order valence-corrected chi connectivity index (χ4v) is 4.07. The number of hydrogen-bond donors (Lipinski definition) is 0. The maximum atomic E-state index is 13.2. The van der Waals surface area contributed by atoms with Crippen LogP contribution in [0.5, 0.6) is 0 Å². The van der Waals surface area contributed by atoms with Gasteiger partial charge in [-0.05, 0) is 25.8 Å². The molecule has 164 valence electrons. The Bertz CT molecular complexity index is 1020. The molecule has 0 atom stereocenters. The number of amides is 4. The van der Waals surface area contributed by atoms with E-state index in [0.29, 0.717) is 17.9 Å². The van der Waals surface area contributed by atoms with Gasteiger partial charge in [0.2, 0.25) is 11.8 Å². The normalized spacial score (nSPS) is 15.1. The summed E-state index contributed by atoms with van der Waals surface area (Å²) in [4.78, 5) is 53.5. The van der Waals surface area contributed by atoms with Crippen LogP contribution in [0.25, 0.3) is 11.3 Å². The average Bonchev–Trinajstić information content (AvgIpc) is 3.04. The summed E-state index contributed by atoms with van der Waals surface area (Å²) < 4.78 is 7.25. The third kappa shape index (κ3) is 3.62. The van der Waals surface area contributed by atoms with Crippen LogP contribution in [0.15, 0.2) is 30.3 Å². The minimum atomic E-state index is -1.32. The topological polar surface area (TPSA) is 88.9 Å². The van der Waals surface area contributed by atoms with Crippen molar-refractivity contribution in [1.29, 1.82) is 0 Å². The minimum Gasteiger partial charge on any atom is -0.462 e. The molecule has 3 rings (SSSR count). The standard InChI is InChI=1S/C23H27N3O5/c1-6-13-26-14(3)16(22(29)31-7-2)17(19(26)15-11-9-8-10-12-15)18-20(27)24(4)23(30)25(5)21(18)28/h8-12,18H,6-7,13H2,1-5H3. The predicted molar refractivity (Wildman–Crippen MR) is 115 cm³/mol. The molecule has 1 aliphatic heterocycles. The van der Waals surface area contributed by atoms with E-state index in [2.05, 4.69) is 0 Å². The van der Waals surface area contributed by atoms with E-state index in [-0.39, 0.29) is 17.7 Å². The molecule has 4 amide bonds. The van der Waals surface area contributed by atoms with Gasteiger partial charge in [-0.1, -0.05) is 37.3 Å². The Balaban J connectivity index is 2.40. The van der Waals surface area contributed by atoms with Crippen LogP contribution in [-0.4, -0.2) is 58.9 Å².